The summed E-state index contributed by atoms with van der Waals surface area (Å²) in [6, 6.07) is 19.3. The quantitative estimate of drug-likeness (QED) is 0.813. The normalized spacial score (nSPS) is 18.0. The van der Waals surface area contributed by atoms with Gasteiger partial charge in [0.05, 0.1) is 6.04 Å². The van der Waals surface area contributed by atoms with Crippen LogP contribution < -0.4 is 10.6 Å². The molecule has 2 N–H and O–H groups in total. The first-order chi connectivity index (χ1) is 8.43. The second-order valence-electron chi connectivity index (χ2n) is 4.37. The van der Waals surface area contributed by atoms with E-state index in [4.69, 9.17) is 0 Å². The van der Waals surface area contributed by atoms with E-state index in [1.54, 1.807) is 0 Å². The Morgan fingerprint density at radius 1 is 0.941 bits per heavy atom. The highest BCUT2D eigenvalue weighted by Crippen LogP contribution is 2.31. The predicted octanol–water partition coefficient (Wildman–Crippen LogP) is 3.66. The molecule has 17 heavy (non-hydrogen) atoms. The lowest BCUT2D eigenvalue weighted by Gasteiger charge is -2.28. The Hall–Kier alpha value is -1.96. The Bertz CT molecular complexity index is 493. The number of rotatable bonds is 2. The van der Waals surface area contributed by atoms with Gasteiger partial charge in [-0.25, -0.2) is 0 Å². The highest BCUT2D eigenvalue weighted by Gasteiger charge is 2.18. The molecular weight excluding hydrogens is 208 g/mol. The first-order valence-corrected chi connectivity index (χ1v) is 6.08. The maximum absolute atomic E-state index is 3.60. The standard InChI is InChI=1S/C15H16N2/c1-2-6-12(7-3-1)17-15-10-11-16-14-9-5-4-8-13(14)15/h1-9,15-17H,10-11H2. The van der Waals surface area contributed by atoms with Crippen LogP contribution in [0.4, 0.5) is 11.4 Å². The van der Waals surface area contributed by atoms with Crippen LogP contribution in [0.5, 0.6) is 0 Å². The van der Waals surface area contributed by atoms with Crippen molar-refractivity contribution in [1.29, 1.82) is 0 Å². The summed E-state index contributed by atoms with van der Waals surface area (Å²) >= 11 is 0. The molecule has 0 saturated carbocycles. The van der Waals surface area contributed by atoms with E-state index in [1.165, 1.54) is 16.9 Å². The molecule has 2 aromatic rings. The average molecular weight is 224 g/mol. The summed E-state index contributed by atoms with van der Waals surface area (Å²) < 4.78 is 0. The van der Waals surface area contributed by atoms with Crippen LogP contribution in [-0.4, -0.2) is 6.54 Å². The number of anilines is 2. The third kappa shape index (κ3) is 2.11. The van der Waals surface area contributed by atoms with Crippen molar-refractivity contribution in [3.8, 4) is 0 Å². The lowest BCUT2D eigenvalue weighted by atomic mass is 9.98. The molecule has 0 aromatic heterocycles. The molecule has 3 rings (SSSR count). The Kier molecular flexibility index (Phi) is 2.70. The third-order valence-electron chi connectivity index (χ3n) is 3.20. The first-order valence-electron chi connectivity index (χ1n) is 6.08. The fraction of sp³-hybridized carbons (Fsp3) is 0.200. The molecule has 0 aliphatic carbocycles. The van der Waals surface area contributed by atoms with Crippen molar-refractivity contribution in [1.82, 2.24) is 0 Å². The van der Waals surface area contributed by atoms with Gasteiger partial charge < -0.3 is 10.6 Å². The van der Waals surface area contributed by atoms with Crippen molar-refractivity contribution in [2.24, 2.45) is 0 Å². The zero-order valence-corrected chi connectivity index (χ0v) is 9.69. The highest BCUT2D eigenvalue weighted by molar-refractivity contribution is 5.57. The number of hydrogen-bond donors (Lipinski definition) is 2. The van der Waals surface area contributed by atoms with Crippen molar-refractivity contribution in [2.75, 3.05) is 17.2 Å². The van der Waals surface area contributed by atoms with Gasteiger partial charge in [-0.2, -0.15) is 0 Å². The molecule has 2 nitrogen and oxygen atoms in total. The summed E-state index contributed by atoms with van der Waals surface area (Å²) in [4.78, 5) is 0. The van der Waals surface area contributed by atoms with Gasteiger partial charge in [0.25, 0.3) is 0 Å². The molecule has 1 unspecified atom stereocenters. The summed E-state index contributed by atoms with van der Waals surface area (Å²) in [5.41, 5.74) is 3.81. The minimum atomic E-state index is 0.412. The Balaban J connectivity index is 1.86. The summed E-state index contributed by atoms with van der Waals surface area (Å²) in [6.07, 6.45) is 1.12. The monoisotopic (exact) mass is 224 g/mol. The van der Waals surface area contributed by atoms with Crippen LogP contribution >= 0.6 is 0 Å². The van der Waals surface area contributed by atoms with E-state index in [0.29, 0.717) is 6.04 Å². The van der Waals surface area contributed by atoms with Gasteiger partial charge in [-0.3, -0.25) is 0 Å². The lowest BCUT2D eigenvalue weighted by molar-refractivity contribution is 0.697. The maximum Gasteiger partial charge on any atom is 0.0550 e. The first kappa shape index (κ1) is 10.2. The zero-order chi connectivity index (χ0) is 11.5. The van der Waals surface area contributed by atoms with Crippen LogP contribution in [0.2, 0.25) is 0 Å². The van der Waals surface area contributed by atoms with Crippen LogP contribution in [0.1, 0.15) is 18.0 Å². The average Bonchev–Trinajstić information content (AvgIpc) is 2.40. The second kappa shape index (κ2) is 4.50. The van der Waals surface area contributed by atoms with Crippen molar-refractivity contribution in [3.05, 3.63) is 60.2 Å². The minimum Gasteiger partial charge on any atom is -0.385 e. The van der Waals surface area contributed by atoms with Gasteiger partial charge in [0.15, 0.2) is 0 Å². The molecule has 0 fully saturated rings. The van der Waals surface area contributed by atoms with Gasteiger partial charge >= 0.3 is 0 Å². The third-order valence-corrected chi connectivity index (χ3v) is 3.20. The summed E-state index contributed by atoms with van der Waals surface area (Å²) in [7, 11) is 0. The smallest absolute Gasteiger partial charge is 0.0550 e. The maximum atomic E-state index is 3.60. The van der Waals surface area contributed by atoms with E-state index in [-0.39, 0.29) is 0 Å². The molecule has 1 aliphatic rings. The van der Waals surface area contributed by atoms with E-state index in [0.717, 1.165) is 13.0 Å². The fourth-order valence-corrected chi connectivity index (χ4v) is 2.35. The molecule has 1 heterocycles. The number of fused-ring (bicyclic) bond motifs is 1. The second-order valence-corrected chi connectivity index (χ2v) is 4.37. The predicted molar refractivity (Wildman–Crippen MR) is 72.4 cm³/mol. The molecular formula is C15H16N2. The van der Waals surface area contributed by atoms with Gasteiger partial charge in [-0.05, 0) is 30.2 Å². The number of para-hydroxylation sites is 2. The summed E-state index contributed by atoms with van der Waals surface area (Å²) in [5, 5.41) is 7.04. The van der Waals surface area contributed by atoms with Gasteiger partial charge in [0.1, 0.15) is 0 Å². The van der Waals surface area contributed by atoms with Crippen molar-refractivity contribution in [3.63, 3.8) is 0 Å². The number of nitrogens with one attached hydrogen (secondary N) is 2. The Labute approximate surface area is 102 Å². The Morgan fingerprint density at radius 2 is 1.71 bits per heavy atom. The van der Waals surface area contributed by atoms with E-state index in [9.17, 15) is 0 Å². The molecule has 2 aromatic carbocycles. The molecule has 0 radical (unpaired) electrons. The molecule has 0 bridgehead atoms. The van der Waals surface area contributed by atoms with Gasteiger partial charge in [0.2, 0.25) is 0 Å². The van der Waals surface area contributed by atoms with Crippen LogP contribution in [0.25, 0.3) is 0 Å². The summed E-state index contributed by atoms with van der Waals surface area (Å²) in [5.74, 6) is 0. The molecule has 2 heteroatoms. The van der Waals surface area contributed by atoms with Crippen LogP contribution in [-0.2, 0) is 0 Å². The van der Waals surface area contributed by atoms with E-state index in [2.05, 4.69) is 59.2 Å². The number of hydrogen-bond acceptors (Lipinski definition) is 2. The molecule has 1 atom stereocenters. The zero-order valence-electron chi connectivity index (χ0n) is 9.69. The van der Waals surface area contributed by atoms with Gasteiger partial charge in [0, 0.05) is 17.9 Å². The molecule has 86 valence electrons. The van der Waals surface area contributed by atoms with Crippen LogP contribution in [0, 0.1) is 0 Å². The molecule has 0 spiro atoms. The molecule has 0 saturated heterocycles. The van der Waals surface area contributed by atoms with Crippen molar-refractivity contribution < 1.29 is 0 Å². The fourth-order valence-electron chi connectivity index (χ4n) is 2.35. The van der Waals surface area contributed by atoms with E-state index in [1.807, 2.05) is 6.07 Å². The van der Waals surface area contributed by atoms with Gasteiger partial charge in [-0.15, -0.1) is 0 Å². The van der Waals surface area contributed by atoms with Gasteiger partial charge in [-0.1, -0.05) is 36.4 Å². The SMILES string of the molecule is c1ccc(NC2CCNc3ccccc32)cc1. The largest absolute Gasteiger partial charge is 0.385 e. The van der Waals surface area contributed by atoms with Crippen LogP contribution in [0.3, 0.4) is 0 Å². The van der Waals surface area contributed by atoms with Crippen molar-refractivity contribution in [2.45, 2.75) is 12.5 Å². The summed E-state index contributed by atoms with van der Waals surface area (Å²) in [6.45, 7) is 1.03. The minimum absolute atomic E-state index is 0.412. The highest BCUT2D eigenvalue weighted by atomic mass is 15.0. The topological polar surface area (TPSA) is 24.1 Å². The lowest BCUT2D eigenvalue weighted by Crippen LogP contribution is -2.22. The molecule has 1 aliphatic heterocycles. The van der Waals surface area contributed by atoms with Crippen LogP contribution in [0.15, 0.2) is 54.6 Å². The van der Waals surface area contributed by atoms with E-state index >= 15 is 0 Å². The van der Waals surface area contributed by atoms with Crippen molar-refractivity contribution >= 4 is 11.4 Å². The van der Waals surface area contributed by atoms with E-state index < -0.39 is 0 Å². The number of benzene rings is 2. The molecule has 0 amide bonds. The Morgan fingerprint density at radius 3 is 2.59 bits per heavy atom.